The molecule has 6 nitrogen and oxygen atoms in total. The maximum atomic E-state index is 11.9. The second-order valence-electron chi connectivity index (χ2n) is 4.73. The van der Waals surface area contributed by atoms with Crippen molar-refractivity contribution >= 4 is 39.1 Å². The molecule has 0 bridgehead atoms. The van der Waals surface area contributed by atoms with Gasteiger partial charge in [0.1, 0.15) is 5.75 Å². The summed E-state index contributed by atoms with van der Waals surface area (Å²) in [5, 5.41) is 10.6. The van der Waals surface area contributed by atoms with Gasteiger partial charge in [0.05, 0.1) is 10.7 Å². The molecule has 0 aliphatic heterocycles. The quantitative estimate of drug-likeness (QED) is 0.685. The van der Waals surface area contributed by atoms with Crippen LogP contribution in [0.5, 0.6) is 5.75 Å². The SMILES string of the molecule is O=C(COc1ccc(-c2nnco2)cc1)Nc1ccc(Br)cc1Cl. The number of anilines is 1. The van der Waals surface area contributed by atoms with Gasteiger partial charge in [-0.2, -0.15) is 0 Å². The fourth-order valence-corrected chi connectivity index (χ4v) is 2.64. The number of ether oxygens (including phenoxy) is 1. The molecule has 2 aromatic carbocycles. The molecule has 24 heavy (non-hydrogen) atoms. The number of halogens is 2. The van der Waals surface area contributed by atoms with Gasteiger partial charge in [0.2, 0.25) is 12.3 Å². The van der Waals surface area contributed by atoms with Crippen LogP contribution in [0.3, 0.4) is 0 Å². The lowest BCUT2D eigenvalue weighted by molar-refractivity contribution is -0.118. The predicted molar refractivity (Wildman–Crippen MR) is 93.0 cm³/mol. The average molecular weight is 409 g/mol. The van der Waals surface area contributed by atoms with Gasteiger partial charge in [0.25, 0.3) is 5.91 Å². The Kier molecular flexibility index (Phi) is 5.12. The zero-order valence-corrected chi connectivity index (χ0v) is 14.5. The molecule has 0 atom stereocenters. The largest absolute Gasteiger partial charge is 0.484 e. The summed E-state index contributed by atoms with van der Waals surface area (Å²) < 4.78 is 11.4. The summed E-state index contributed by atoms with van der Waals surface area (Å²) in [6, 6.07) is 12.2. The summed E-state index contributed by atoms with van der Waals surface area (Å²) in [4.78, 5) is 11.9. The van der Waals surface area contributed by atoms with Crippen molar-refractivity contribution < 1.29 is 13.9 Å². The first kappa shape index (κ1) is 16.5. The minimum atomic E-state index is -0.305. The van der Waals surface area contributed by atoms with E-state index >= 15 is 0 Å². The summed E-state index contributed by atoms with van der Waals surface area (Å²) in [6.07, 6.45) is 1.26. The zero-order chi connectivity index (χ0) is 16.9. The van der Waals surface area contributed by atoms with E-state index in [1.54, 1.807) is 42.5 Å². The number of hydrogen-bond acceptors (Lipinski definition) is 5. The fourth-order valence-electron chi connectivity index (χ4n) is 1.92. The van der Waals surface area contributed by atoms with Crippen molar-refractivity contribution in [3.63, 3.8) is 0 Å². The molecule has 122 valence electrons. The van der Waals surface area contributed by atoms with Crippen LogP contribution >= 0.6 is 27.5 Å². The van der Waals surface area contributed by atoms with Crippen LogP contribution in [-0.4, -0.2) is 22.7 Å². The maximum Gasteiger partial charge on any atom is 0.262 e. The van der Waals surface area contributed by atoms with Crippen LogP contribution in [-0.2, 0) is 4.79 Å². The third-order valence-electron chi connectivity index (χ3n) is 3.04. The van der Waals surface area contributed by atoms with E-state index in [0.717, 1.165) is 10.0 Å². The molecule has 0 aliphatic rings. The molecule has 0 unspecified atom stereocenters. The topological polar surface area (TPSA) is 77.2 Å². The molecule has 0 spiro atoms. The number of carbonyl (C=O) groups is 1. The van der Waals surface area contributed by atoms with E-state index in [9.17, 15) is 4.79 Å². The monoisotopic (exact) mass is 407 g/mol. The first-order valence-corrected chi connectivity index (χ1v) is 8.03. The molecule has 1 N–H and O–H groups in total. The number of amides is 1. The maximum absolute atomic E-state index is 11.9. The Morgan fingerprint density at radius 2 is 2.04 bits per heavy atom. The number of carbonyl (C=O) groups excluding carboxylic acids is 1. The molecule has 0 saturated carbocycles. The number of aromatic nitrogens is 2. The molecular weight excluding hydrogens is 398 g/mol. The molecular formula is C16H11BrClN3O3. The van der Waals surface area contributed by atoms with E-state index in [0.29, 0.717) is 22.4 Å². The van der Waals surface area contributed by atoms with E-state index in [2.05, 4.69) is 31.4 Å². The molecule has 1 aromatic heterocycles. The van der Waals surface area contributed by atoms with Crippen LogP contribution in [0.2, 0.25) is 5.02 Å². The highest BCUT2D eigenvalue weighted by Gasteiger charge is 2.08. The van der Waals surface area contributed by atoms with E-state index in [4.69, 9.17) is 20.8 Å². The summed E-state index contributed by atoms with van der Waals surface area (Å²) in [5.41, 5.74) is 1.30. The summed E-state index contributed by atoms with van der Waals surface area (Å²) in [7, 11) is 0. The van der Waals surface area contributed by atoms with Gasteiger partial charge in [-0.25, -0.2) is 0 Å². The highest BCUT2D eigenvalue weighted by atomic mass is 79.9. The van der Waals surface area contributed by atoms with Crippen LogP contribution in [0.1, 0.15) is 0 Å². The minimum Gasteiger partial charge on any atom is -0.484 e. The highest BCUT2D eigenvalue weighted by molar-refractivity contribution is 9.10. The van der Waals surface area contributed by atoms with Gasteiger partial charge in [0, 0.05) is 10.0 Å². The molecule has 1 amide bonds. The predicted octanol–water partition coefficient (Wildman–Crippen LogP) is 4.17. The van der Waals surface area contributed by atoms with Crippen molar-refractivity contribution in [3.05, 3.63) is 58.4 Å². The molecule has 0 aliphatic carbocycles. The van der Waals surface area contributed by atoms with Gasteiger partial charge in [-0.05, 0) is 42.5 Å². The number of nitrogens with zero attached hydrogens (tertiary/aromatic N) is 2. The van der Waals surface area contributed by atoms with Gasteiger partial charge < -0.3 is 14.5 Å². The lowest BCUT2D eigenvalue weighted by Crippen LogP contribution is -2.20. The molecule has 0 fully saturated rings. The normalized spacial score (nSPS) is 10.4. The van der Waals surface area contributed by atoms with E-state index in [-0.39, 0.29) is 12.5 Å². The van der Waals surface area contributed by atoms with Gasteiger partial charge in [-0.3, -0.25) is 4.79 Å². The fraction of sp³-hybridized carbons (Fsp3) is 0.0625. The van der Waals surface area contributed by atoms with Crippen molar-refractivity contribution in [2.45, 2.75) is 0 Å². The minimum absolute atomic E-state index is 0.133. The van der Waals surface area contributed by atoms with E-state index in [1.165, 1.54) is 6.39 Å². The number of rotatable bonds is 5. The summed E-state index contributed by atoms with van der Waals surface area (Å²) >= 11 is 9.36. The van der Waals surface area contributed by atoms with Crippen molar-refractivity contribution in [2.75, 3.05) is 11.9 Å². The molecule has 3 aromatic rings. The second kappa shape index (κ2) is 7.46. The number of nitrogens with one attached hydrogen (secondary N) is 1. The number of hydrogen-bond donors (Lipinski definition) is 1. The Bertz CT molecular complexity index is 838. The average Bonchev–Trinajstić information content (AvgIpc) is 3.11. The lowest BCUT2D eigenvalue weighted by Gasteiger charge is -2.09. The molecule has 3 rings (SSSR count). The third kappa shape index (κ3) is 4.12. The smallest absolute Gasteiger partial charge is 0.262 e. The summed E-state index contributed by atoms with van der Waals surface area (Å²) in [5.74, 6) is 0.666. The Hall–Kier alpha value is -2.38. The lowest BCUT2D eigenvalue weighted by atomic mass is 10.2. The number of benzene rings is 2. The van der Waals surface area contributed by atoms with E-state index in [1.807, 2.05) is 0 Å². The van der Waals surface area contributed by atoms with Gasteiger partial charge in [-0.1, -0.05) is 27.5 Å². The first-order chi connectivity index (χ1) is 11.6. The first-order valence-electron chi connectivity index (χ1n) is 6.86. The molecule has 8 heteroatoms. The second-order valence-corrected chi connectivity index (χ2v) is 6.05. The third-order valence-corrected chi connectivity index (χ3v) is 3.84. The van der Waals surface area contributed by atoms with E-state index < -0.39 is 0 Å². The van der Waals surface area contributed by atoms with Gasteiger partial charge >= 0.3 is 0 Å². The van der Waals surface area contributed by atoms with Crippen LogP contribution in [0.15, 0.2) is 57.7 Å². The highest BCUT2D eigenvalue weighted by Crippen LogP contribution is 2.25. The van der Waals surface area contributed by atoms with Crippen LogP contribution < -0.4 is 10.1 Å². The summed E-state index contributed by atoms with van der Waals surface area (Å²) in [6.45, 7) is -0.133. The zero-order valence-electron chi connectivity index (χ0n) is 12.2. The van der Waals surface area contributed by atoms with Crippen molar-refractivity contribution in [3.8, 4) is 17.2 Å². The van der Waals surface area contributed by atoms with Crippen LogP contribution in [0, 0.1) is 0 Å². The molecule has 0 saturated heterocycles. The molecule has 0 radical (unpaired) electrons. The van der Waals surface area contributed by atoms with Crippen molar-refractivity contribution in [1.29, 1.82) is 0 Å². The Balaban J connectivity index is 1.56. The Morgan fingerprint density at radius 1 is 1.25 bits per heavy atom. The van der Waals surface area contributed by atoms with Crippen molar-refractivity contribution in [2.24, 2.45) is 0 Å². The molecule has 1 heterocycles. The Labute approximate surface area is 150 Å². The van der Waals surface area contributed by atoms with Gasteiger partial charge in [0.15, 0.2) is 6.61 Å². The van der Waals surface area contributed by atoms with Crippen molar-refractivity contribution in [1.82, 2.24) is 10.2 Å². The van der Waals surface area contributed by atoms with Crippen LogP contribution in [0.25, 0.3) is 11.5 Å². The van der Waals surface area contributed by atoms with Gasteiger partial charge in [-0.15, -0.1) is 10.2 Å². The standard InChI is InChI=1S/C16H11BrClN3O3/c17-11-3-6-14(13(18)7-11)20-15(22)8-23-12-4-1-10(2-5-12)16-21-19-9-24-16/h1-7,9H,8H2,(H,20,22). The van der Waals surface area contributed by atoms with Crippen LogP contribution in [0.4, 0.5) is 5.69 Å². The Morgan fingerprint density at radius 3 is 2.71 bits per heavy atom.